The zero-order chi connectivity index (χ0) is 13.2. The van der Waals surface area contributed by atoms with Crippen molar-refractivity contribution >= 4 is 5.91 Å². The highest BCUT2D eigenvalue weighted by atomic mass is 16.2. The van der Waals surface area contributed by atoms with Gasteiger partial charge in [0.2, 0.25) is 5.91 Å². The van der Waals surface area contributed by atoms with Crippen molar-refractivity contribution in [3.05, 3.63) is 0 Å². The van der Waals surface area contributed by atoms with E-state index in [4.69, 9.17) is 0 Å². The van der Waals surface area contributed by atoms with E-state index in [0.717, 1.165) is 19.4 Å². The van der Waals surface area contributed by atoms with Crippen LogP contribution < -0.4 is 5.32 Å². The first-order valence-corrected chi connectivity index (χ1v) is 7.68. The highest BCUT2D eigenvalue weighted by Crippen LogP contribution is 2.42. The molecule has 0 radical (unpaired) electrons. The largest absolute Gasteiger partial charge is 0.326 e. The van der Waals surface area contributed by atoms with E-state index in [1.165, 1.54) is 32.1 Å². The lowest BCUT2D eigenvalue weighted by Crippen LogP contribution is -2.42. The second-order valence-electron chi connectivity index (χ2n) is 6.21. The van der Waals surface area contributed by atoms with E-state index < -0.39 is 0 Å². The van der Waals surface area contributed by atoms with Gasteiger partial charge in [0.25, 0.3) is 0 Å². The van der Waals surface area contributed by atoms with Crippen molar-refractivity contribution in [3.8, 4) is 0 Å². The molecule has 1 heterocycles. The van der Waals surface area contributed by atoms with Crippen molar-refractivity contribution in [1.29, 1.82) is 0 Å². The molecule has 0 aromatic carbocycles. The zero-order valence-corrected chi connectivity index (χ0v) is 12.2. The van der Waals surface area contributed by atoms with Gasteiger partial charge in [0.1, 0.15) is 0 Å². The maximum absolute atomic E-state index is 12.4. The molecule has 2 atom stereocenters. The second kappa shape index (κ2) is 5.60. The summed E-state index contributed by atoms with van der Waals surface area (Å²) in [6.07, 6.45) is 8.77. The molecular formula is C15H28N2O. The van der Waals surface area contributed by atoms with Gasteiger partial charge in [-0.25, -0.2) is 0 Å². The van der Waals surface area contributed by atoms with Crippen LogP contribution in [0, 0.1) is 5.41 Å². The van der Waals surface area contributed by atoms with Crippen LogP contribution in [0.15, 0.2) is 0 Å². The molecule has 1 saturated heterocycles. The predicted molar refractivity (Wildman–Crippen MR) is 74.2 cm³/mol. The first-order chi connectivity index (χ1) is 8.62. The Labute approximate surface area is 111 Å². The molecule has 1 amide bonds. The van der Waals surface area contributed by atoms with E-state index in [9.17, 15) is 4.79 Å². The molecule has 3 heteroatoms. The normalized spacial score (nSPS) is 31.3. The molecule has 1 N–H and O–H groups in total. The maximum Gasteiger partial charge on any atom is 0.241 e. The number of carbonyl (C=O) groups excluding carboxylic acids is 1. The monoisotopic (exact) mass is 252 g/mol. The molecule has 104 valence electrons. The molecule has 2 unspecified atom stereocenters. The molecule has 0 aromatic rings. The van der Waals surface area contributed by atoms with Crippen molar-refractivity contribution < 1.29 is 4.79 Å². The van der Waals surface area contributed by atoms with E-state index in [2.05, 4.69) is 31.0 Å². The van der Waals surface area contributed by atoms with E-state index in [0.29, 0.717) is 11.3 Å². The predicted octanol–water partition coefficient (Wildman–Crippen LogP) is 2.90. The van der Waals surface area contributed by atoms with Gasteiger partial charge in [0.15, 0.2) is 0 Å². The third-order valence-corrected chi connectivity index (χ3v) is 4.99. The standard InChI is InChI=1S/C15H28N2O/c1-4-8-13-14(18)17(12(3)16-13)11-15(5-2)9-6-7-10-15/h12-13,16H,4-11H2,1-3H3. The Morgan fingerprint density at radius 1 is 1.33 bits per heavy atom. The molecule has 0 spiro atoms. The van der Waals surface area contributed by atoms with Gasteiger partial charge < -0.3 is 4.90 Å². The van der Waals surface area contributed by atoms with Crippen LogP contribution >= 0.6 is 0 Å². The van der Waals surface area contributed by atoms with E-state index >= 15 is 0 Å². The fraction of sp³-hybridized carbons (Fsp3) is 0.933. The number of nitrogens with one attached hydrogen (secondary N) is 1. The topological polar surface area (TPSA) is 32.3 Å². The first kappa shape index (κ1) is 13.9. The van der Waals surface area contributed by atoms with E-state index in [1.807, 2.05) is 0 Å². The number of carbonyl (C=O) groups is 1. The molecule has 18 heavy (non-hydrogen) atoms. The van der Waals surface area contributed by atoms with Crippen LogP contribution in [0.25, 0.3) is 0 Å². The summed E-state index contributed by atoms with van der Waals surface area (Å²) >= 11 is 0. The first-order valence-electron chi connectivity index (χ1n) is 7.68. The molecule has 2 fully saturated rings. The minimum atomic E-state index is 0.0697. The fourth-order valence-electron chi connectivity index (χ4n) is 3.66. The molecule has 2 aliphatic rings. The van der Waals surface area contributed by atoms with Gasteiger partial charge in [0, 0.05) is 6.54 Å². The summed E-state index contributed by atoms with van der Waals surface area (Å²) < 4.78 is 0. The van der Waals surface area contributed by atoms with E-state index in [-0.39, 0.29) is 12.2 Å². The van der Waals surface area contributed by atoms with Crippen molar-refractivity contribution in [2.75, 3.05) is 6.54 Å². The fourth-order valence-corrected chi connectivity index (χ4v) is 3.66. The smallest absolute Gasteiger partial charge is 0.241 e. The average molecular weight is 252 g/mol. The summed E-state index contributed by atoms with van der Waals surface area (Å²) in [6, 6.07) is 0.0697. The Morgan fingerprint density at radius 3 is 2.56 bits per heavy atom. The van der Waals surface area contributed by atoms with Crippen LogP contribution in [0.4, 0.5) is 0 Å². The number of nitrogens with zero attached hydrogens (tertiary/aromatic N) is 1. The van der Waals surface area contributed by atoms with Crippen LogP contribution in [-0.4, -0.2) is 29.6 Å². The molecule has 1 aliphatic carbocycles. The Kier molecular flexibility index (Phi) is 4.31. The zero-order valence-electron chi connectivity index (χ0n) is 12.2. The number of hydrogen-bond donors (Lipinski definition) is 1. The maximum atomic E-state index is 12.4. The molecule has 1 aliphatic heterocycles. The lowest BCUT2D eigenvalue weighted by atomic mass is 9.82. The highest BCUT2D eigenvalue weighted by Gasteiger charge is 2.41. The van der Waals surface area contributed by atoms with Gasteiger partial charge in [-0.05, 0) is 38.0 Å². The van der Waals surface area contributed by atoms with E-state index in [1.54, 1.807) is 0 Å². The second-order valence-corrected chi connectivity index (χ2v) is 6.21. The Balaban J connectivity index is 2.02. The third kappa shape index (κ3) is 2.56. The van der Waals surface area contributed by atoms with Crippen LogP contribution in [0.5, 0.6) is 0 Å². The quantitative estimate of drug-likeness (QED) is 0.816. The average Bonchev–Trinajstić information content (AvgIpc) is 2.92. The number of amides is 1. The number of rotatable bonds is 5. The lowest BCUT2D eigenvalue weighted by Gasteiger charge is -2.34. The summed E-state index contributed by atoms with van der Waals surface area (Å²) in [7, 11) is 0. The highest BCUT2D eigenvalue weighted by molar-refractivity contribution is 5.84. The van der Waals surface area contributed by atoms with Crippen LogP contribution in [0.2, 0.25) is 0 Å². The van der Waals surface area contributed by atoms with Crippen LogP contribution in [0.3, 0.4) is 0 Å². The summed E-state index contributed by atoms with van der Waals surface area (Å²) in [5.74, 6) is 0.337. The van der Waals surface area contributed by atoms with Crippen molar-refractivity contribution in [2.24, 2.45) is 5.41 Å². The third-order valence-electron chi connectivity index (χ3n) is 4.99. The number of hydrogen-bond acceptors (Lipinski definition) is 2. The summed E-state index contributed by atoms with van der Waals surface area (Å²) in [6.45, 7) is 7.53. The van der Waals surface area contributed by atoms with Gasteiger partial charge in [-0.3, -0.25) is 10.1 Å². The van der Waals surface area contributed by atoms with Crippen LogP contribution in [0.1, 0.15) is 65.7 Å². The molecule has 1 saturated carbocycles. The minimum absolute atomic E-state index is 0.0697. The molecule has 0 aromatic heterocycles. The van der Waals surface area contributed by atoms with Crippen molar-refractivity contribution in [3.63, 3.8) is 0 Å². The minimum Gasteiger partial charge on any atom is -0.326 e. The molecule has 2 rings (SSSR count). The SMILES string of the molecule is CCCC1NC(C)N(CC2(CC)CCCC2)C1=O. The van der Waals surface area contributed by atoms with Gasteiger partial charge >= 0.3 is 0 Å². The van der Waals surface area contributed by atoms with Crippen LogP contribution in [-0.2, 0) is 4.79 Å². The molecule has 3 nitrogen and oxygen atoms in total. The molecular weight excluding hydrogens is 224 g/mol. The summed E-state index contributed by atoms with van der Waals surface area (Å²) in [5.41, 5.74) is 0.409. The van der Waals surface area contributed by atoms with Crippen molar-refractivity contribution in [1.82, 2.24) is 10.2 Å². The van der Waals surface area contributed by atoms with Gasteiger partial charge in [-0.2, -0.15) is 0 Å². The Morgan fingerprint density at radius 2 is 2.00 bits per heavy atom. The Bertz CT molecular complexity index is 297. The van der Waals surface area contributed by atoms with Gasteiger partial charge in [0.05, 0.1) is 12.2 Å². The Hall–Kier alpha value is -0.570. The van der Waals surface area contributed by atoms with Gasteiger partial charge in [-0.15, -0.1) is 0 Å². The summed E-state index contributed by atoms with van der Waals surface area (Å²) in [5, 5.41) is 3.45. The van der Waals surface area contributed by atoms with Crippen molar-refractivity contribution in [2.45, 2.75) is 77.9 Å². The summed E-state index contributed by atoms with van der Waals surface area (Å²) in [4.78, 5) is 14.5. The lowest BCUT2D eigenvalue weighted by molar-refractivity contribution is -0.131. The van der Waals surface area contributed by atoms with Gasteiger partial charge in [-0.1, -0.05) is 33.1 Å². The molecule has 0 bridgehead atoms.